The largest absolute Gasteiger partial charge is 0.369 e. The fraction of sp³-hybridized carbons (Fsp3) is 0.333. The van der Waals surface area contributed by atoms with E-state index in [1.807, 2.05) is 31.2 Å². The minimum Gasteiger partial charge on any atom is -0.369 e. The van der Waals surface area contributed by atoms with Gasteiger partial charge < -0.3 is 4.90 Å². The van der Waals surface area contributed by atoms with Gasteiger partial charge in [-0.1, -0.05) is 23.7 Å². The maximum Gasteiger partial charge on any atom is 0.261 e. The number of hydrogen-bond acceptors (Lipinski definition) is 4. The number of nitrogens with zero attached hydrogens (tertiary/aromatic N) is 3. The molecule has 5 nitrogen and oxygen atoms in total. The molecule has 2 aliphatic rings. The first-order chi connectivity index (χ1) is 13.0. The van der Waals surface area contributed by atoms with Crippen LogP contribution in [0.25, 0.3) is 0 Å². The maximum atomic E-state index is 12.6. The molecule has 2 aliphatic heterocycles. The predicted molar refractivity (Wildman–Crippen MR) is 107 cm³/mol. The normalized spacial score (nSPS) is 18.7. The zero-order chi connectivity index (χ0) is 19.0. The standard InChI is InChI=1S/C21H22ClN3O2/c1-15(25-20(26)18-4-2-3-5-19(18)21(25)27)14-23-10-12-24(13-11-23)17-8-6-16(22)7-9-17/h2-9,15H,10-14H2,1H3. The third-order valence-corrected chi connectivity index (χ3v) is 5.60. The molecule has 27 heavy (non-hydrogen) atoms. The van der Waals surface area contributed by atoms with Crippen molar-refractivity contribution in [3.63, 3.8) is 0 Å². The molecule has 0 aliphatic carbocycles. The highest BCUT2D eigenvalue weighted by Gasteiger charge is 2.38. The third-order valence-electron chi connectivity index (χ3n) is 5.35. The van der Waals surface area contributed by atoms with Crippen LogP contribution in [0, 0.1) is 0 Å². The molecule has 1 atom stereocenters. The van der Waals surface area contributed by atoms with E-state index in [-0.39, 0.29) is 17.9 Å². The van der Waals surface area contributed by atoms with Crippen molar-refractivity contribution in [3.05, 3.63) is 64.7 Å². The van der Waals surface area contributed by atoms with E-state index < -0.39 is 0 Å². The lowest BCUT2D eigenvalue weighted by Crippen LogP contribution is -2.51. The number of fused-ring (bicyclic) bond motifs is 1. The molecule has 4 rings (SSSR count). The lowest BCUT2D eigenvalue weighted by molar-refractivity contribution is 0.0557. The average Bonchev–Trinajstić information content (AvgIpc) is 2.94. The summed E-state index contributed by atoms with van der Waals surface area (Å²) in [6.07, 6.45) is 0. The Morgan fingerprint density at radius 2 is 1.44 bits per heavy atom. The van der Waals surface area contributed by atoms with Crippen LogP contribution in [0.5, 0.6) is 0 Å². The summed E-state index contributed by atoms with van der Waals surface area (Å²) in [5.74, 6) is -0.356. The first-order valence-electron chi connectivity index (χ1n) is 9.24. The lowest BCUT2D eigenvalue weighted by atomic mass is 10.1. The van der Waals surface area contributed by atoms with Gasteiger partial charge in [0.25, 0.3) is 11.8 Å². The Hall–Kier alpha value is -2.37. The Bertz CT molecular complexity index is 825. The minimum absolute atomic E-state index is 0.153. The fourth-order valence-corrected chi connectivity index (χ4v) is 4.03. The molecule has 0 N–H and O–H groups in total. The van der Waals surface area contributed by atoms with Crippen molar-refractivity contribution in [1.82, 2.24) is 9.80 Å². The first kappa shape index (κ1) is 18.0. The van der Waals surface area contributed by atoms with E-state index in [0.29, 0.717) is 17.7 Å². The Labute approximate surface area is 164 Å². The topological polar surface area (TPSA) is 43.9 Å². The van der Waals surface area contributed by atoms with Crippen LogP contribution in [0.1, 0.15) is 27.6 Å². The quantitative estimate of drug-likeness (QED) is 0.761. The number of carbonyl (C=O) groups excluding carboxylic acids is 2. The van der Waals surface area contributed by atoms with Crippen molar-refractivity contribution < 1.29 is 9.59 Å². The number of rotatable bonds is 4. The van der Waals surface area contributed by atoms with E-state index in [0.717, 1.165) is 31.2 Å². The van der Waals surface area contributed by atoms with Gasteiger partial charge in [-0.25, -0.2) is 0 Å². The van der Waals surface area contributed by atoms with Gasteiger partial charge in [0.1, 0.15) is 0 Å². The summed E-state index contributed by atoms with van der Waals surface area (Å²) in [6, 6.07) is 14.8. The summed E-state index contributed by atoms with van der Waals surface area (Å²) in [4.78, 5) is 31.3. The summed E-state index contributed by atoms with van der Waals surface area (Å²) in [7, 11) is 0. The van der Waals surface area contributed by atoms with Gasteiger partial charge >= 0.3 is 0 Å². The number of imide groups is 1. The summed E-state index contributed by atoms with van der Waals surface area (Å²) in [6.45, 7) is 6.27. The van der Waals surface area contributed by atoms with E-state index in [1.165, 1.54) is 10.6 Å². The average molecular weight is 384 g/mol. The van der Waals surface area contributed by atoms with Gasteiger partial charge in [0.15, 0.2) is 0 Å². The van der Waals surface area contributed by atoms with Gasteiger partial charge in [-0.3, -0.25) is 19.4 Å². The van der Waals surface area contributed by atoms with Crippen molar-refractivity contribution in [2.75, 3.05) is 37.6 Å². The molecule has 2 heterocycles. The van der Waals surface area contributed by atoms with Crippen LogP contribution in [0.3, 0.4) is 0 Å². The molecule has 0 bridgehead atoms. The number of benzene rings is 2. The van der Waals surface area contributed by atoms with Crippen molar-refractivity contribution in [2.45, 2.75) is 13.0 Å². The number of carbonyl (C=O) groups is 2. The smallest absolute Gasteiger partial charge is 0.261 e. The molecule has 0 spiro atoms. The van der Waals surface area contributed by atoms with Crippen molar-refractivity contribution in [1.29, 1.82) is 0 Å². The fourth-order valence-electron chi connectivity index (χ4n) is 3.90. The Morgan fingerprint density at radius 3 is 2.00 bits per heavy atom. The summed E-state index contributed by atoms with van der Waals surface area (Å²) in [5.41, 5.74) is 2.20. The van der Waals surface area contributed by atoms with Crippen LogP contribution in [0.4, 0.5) is 5.69 Å². The zero-order valence-electron chi connectivity index (χ0n) is 15.3. The highest BCUT2D eigenvalue weighted by atomic mass is 35.5. The Balaban J connectivity index is 1.36. The van der Waals surface area contributed by atoms with E-state index >= 15 is 0 Å². The highest BCUT2D eigenvalue weighted by Crippen LogP contribution is 2.25. The molecule has 140 valence electrons. The van der Waals surface area contributed by atoms with E-state index in [9.17, 15) is 9.59 Å². The molecular formula is C21H22ClN3O2. The molecule has 1 fully saturated rings. The number of anilines is 1. The molecule has 0 saturated carbocycles. The van der Waals surface area contributed by atoms with Crippen LogP contribution in [0.15, 0.2) is 48.5 Å². The number of halogens is 1. The minimum atomic E-state index is -0.178. The molecule has 0 aromatic heterocycles. The van der Waals surface area contributed by atoms with Gasteiger partial charge in [-0.15, -0.1) is 0 Å². The summed E-state index contributed by atoms with van der Waals surface area (Å²) < 4.78 is 0. The highest BCUT2D eigenvalue weighted by molar-refractivity contribution is 6.30. The lowest BCUT2D eigenvalue weighted by Gasteiger charge is -2.38. The van der Waals surface area contributed by atoms with Gasteiger partial charge in [-0.05, 0) is 43.3 Å². The predicted octanol–water partition coefficient (Wildman–Crippen LogP) is 3.15. The van der Waals surface area contributed by atoms with Crippen molar-refractivity contribution >= 4 is 29.1 Å². The van der Waals surface area contributed by atoms with E-state index in [2.05, 4.69) is 9.80 Å². The van der Waals surface area contributed by atoms with Crippen LogP contribution >= 0.6 is 11.6 Å². The molecule has 2 aromatic carbocycles. The molecule has 6 heteroatoms. The SMILES string of the molecule is CC(CN1CCN(c2ccc(Cl)cc2)CC1)N1C(=O)c2ccccc2C1=O. The molecule has 2 aromatic rings. The van der Waals surface area contributed by atoms with Gasteiger partial charge in [0, 0.05) is 43.4 Å². The molecule has 1 saturated heterocycles. The van der Waals surface area contributed by atoms with Crippen LogP contribution in [-0.4, -0.2) is 60.4 Å². The maximum absolute atomic E-state index is 12.6. The molecular weight excluding hydrogens is 362 g/mol. The van der Waals surface area contributed by atoms with Gasteiger partial charge in [-0.2, -0.15) is 0 Å². The number of hydrogen-bond donors (Lipinski definition) is 0. The summed E-state index contributed by atoms with van der Waals surface area (Å²) in [5, 5.41) is 0.743. The monoisotopic (exact) mass is 383 g/mol. The molecule has 0 radical (unpaired) electrons. The zero-order valence-corrected chi connectivity index (χ0v) is 16.0. The molecule has 2 amide bonds. The Morgan fingerprint density at radius 1 is 0.889 bits per heavy atom. The second kappa shape index (κ2) is 7.33. The van der Waals surface area contributed by atoms with Crippen molar-refractivity contribution in [3.8, 4) is 0 Å². The van der Waals surface area contributed by atoms with Crippen LogP contribution < -0.4 is 4.90 Å². The Kier molecular flexibility index (Phi) is 4.89. The van der Waals surface area contributed by atoms with Crippen molar-refractivity contribution in [2.24, 2.45) is 0 Å². The second-order valence-electron chi connectivity index (χ2n) is 7.14. The number of piperazine rings is 1. The van der Waals surface area contributed by atoms with Crippen LogP contribution in [0.2, 0.25) is 5.02 Å². The van der Waals surface area contributed by atoms with Crippen LogP contribution in [-0.2, 0) is 0 Å². The van der Waals surface area contributed by atoms with Gasteiger partial charge in [0.05, 0.1) is 17.2 Å². The van der Waals surface area contributed by atoms with E-state index in [4.69, 9.17) is 11.6 Å². The first-order valence-corrected chi connectivity index (χ1v) is 9.62. The third kappa shape index (κ3) is 3.45. The molecule has 1 unspecified atom stereocenters. The number of amides is 2. The van der Waals surface area contributed by atoms with E-state index in [1.54, 1.807) is 24.3 Å². The summed E-state index contributed by atoms with van der Waals surface area (Å²) >= 11 is 5.96. The van der Waals surface area contributed by atoms with Gasteiger partial charge in [0.2, 0.25) is 0 Å². The second-order valence-corrected chi connectivity index (χ2v) is 7.58.